The van der Waals surface area contributed by atoms with Crippen molar-refractivity contribution in [2.75, 3.05) is 0 Å². The summed E-state index contributed by atoms with van der Waals surface area (Å²) in [5.74, 6) is 0. The van der Waals surface area contributed by atoms with Gasteiger partial charge in [-0.2, -0.15) is 0 Å². The Balaban J connectivity index is 1.37. The molecule has 2 heteroatoms. The minimum Gasteiger partial charge on any atom is -0.309 e. The third-order valence-corrected chi connectivity index (χ3v) is 10.4. The third kappa shape index (κ3) is 4.39. The highest BCUT2D eigenvalue weighted by molar-refractivity contribution is 6.14. The van der Waals surface area contributed by atoms with Crippen molar-refractivity contribution in [1.29, 1.82) is 0 Å². The summed E-state index contributed by atoms with van der Waals surface area (Å²) in [7, 11) is 0. The second-order valence-corrected chi connectivity index (χ2v) is 15.6. The van der Waals surface area contributed by atoms with Crippen molar-refractivity contribution in [2.45, 2.75) is 52.4 Å². The molecular weight excluding hydrogens is 581 g/mol. The van der Waals surface area contributed by atoms with Gasteiger partial charge in [0, 0.05) is 21.5 Å². The summed E-state index contributed by atoms with van der Waals surface area (Å²) in [5.41, 5.74) is 12.7. The van der Waals surface area contributed by atoms with Crippen LogP contribution < -0.4 is 0 Å². The average Bonchev–Trinajstić information content (AvgIpc) is 3.66. The summed E-state index contributed by atoms with van der Waals surface area (Å²) in [4.78, 5) is 0. The Labute approximate surface area is 281 Å². The van der Waals surface area contributed by atoms with Crippen LogP contribution in [0.4, 0.5) is 0 Å². The van der Waals surface area contributed by atoms with E-state index in [1.807, 2.05) is 0 Å². The van der Waals surface area contributed by atoms with E-state index < -0.39 is 0 Å². The summed E-state index contributed by atoms with van der Waals surface area (Å²) >= 11 is 0. The standard InChI is InChI=1S/C46H40N2/c1-45(2,3)35-19-15-29(16-20-35)41-27-33-23-38-34(24-37(33)43-25-31-11-7-9-13-39(31)47(41)43)28-42(30-17-21-36(22-18-30)46(4,5)6)48-40-14-10-8-12-32(40)26-44(38)48/h7-28H,1-6H3. The van der Waals surface area contributed by atoms with Gasteiger partial charge in [-0.15, -0.1) is 0 Å². The minimum atomic E-state index is 0.107. The van der Waals surface area contributed by atoms with Crippen LogP contribution >= 0.6 is 0 Å². The second kappa shape index (κ2) is 10.1. The number of aromatic nitrogens is 2. The molecule has 48 heavy (non-hydrogen) atoms. The molecule has 0 aliphatic carbocycles. The fraction of sp³-hybridized carbons (Fsp3) is 0.174. The molecular formula is C46H40N2. The lowest BCUT2D eigenvalue weighted by Gasteiger charge is -2.20. The molecule has 9 aromatic rings. The molecule has 0 aliphatic heterocycles. The van der Waals surface area contributed by atoms with E-state index in [0.29, 0.717) is 0 Å². The first kappa shape index (κ1) is 28.8. The Morgan fingerprint density at radius 2 is 0.729 bits per heavy atom. The first-order valence-electron chi connectivity index (χ1n) is 17.1. The van der Waals surface area contributed by atoms with E-state index in [9.17, 15) is 0 Å². The highest BCUT2D eigenvalue weighted by atomic mass is 14.9. The van der Waals surface area contributed by atoms with E-state index in [2.05, 4.69) is 184 Å². The van der Waals surface area contributed by atoms with Gasteiger partial charge in [0.2, 0.25) is 0 Å². The molecule has 0 amide bonds. The molecule has 0 aliphatic rings. The monoisotopic (exact) mass is 620 g/mol. The van der Waals surface area contributed by atoms with E-state index in [1.54, 1.807) is 0 Å². The Morgan fingerprint density at radius 1 is 0.354 bits per heavy atom. The minimum absolute atomic E-state index is 0.107. The normalized spacial score (nSPS) is 12.8. The predicted molar refractivity (Wildman–Crippen MR) is 207 cm³/mol. The Hall–Kier alpha value is -5.34. The van der Waals surface area contributed by atoms with Gasteiger partial charge in [0.25, 0.3) is 0 Å². The number of para-hydroxylation sites is 2. The molecule has 0 fully saturated rings. The van der Waals surface area contributed by atoms with E-state index >= 15 is 0 Å². The van der Waals surface area contributed by atoms with Crippen LogP contribution in [0, 0.1) is 0 Å². The molecule has 0 saturated heterocycles. The SMILES string of the molecule is CC(C)(C)c1ccc(-c2cc3cc4c(cc(-c5ccc(C(C)(C)C)cc5)n5c6ccccc6cc45)cc3c3cc4ccccc4n23)cc1. The zero-order chi connectivity index (χ0) is 32.9. The molecule has 0 atom stereocenters. The molecule has 0 unspecified atom stereocenters. The van der Waals surface area contributed by atoms with Crippen molar-refractivity contribution < 1.29 is 0 Å². The first-order valence-corrected chi connectivity index (χ1v) is 17.1. The third-order valence-electron chi connectivity index (χ3n) is 10.4. The van der Waals surface area contributed by atoms with Crippen LogP contribution in [0.5, 0.6) is 0 Å². The highest BCUT2D eigenvalue weighted by Crippen LogP contribution is 2.40. The molecule has 0 spiro atoms. The maximum absolute atomic E-state index is 2.46. The lowest BCUT2D eigenvalue weighted by molar-refractivity contribution is 0.590. The van der Waals surface area contributed by atoms with E-state index in [-0.39, 0.29) is 10.8 Å². The number of hydrogen-bond acceptors (Lipinski definition) is 0. The maximum Gasteiger partial charge on any atom is 0.0547 e. The number of pyridine rings is 2. The van der Waals surface area contributed by atoms with E-state index in [4.69, 9.17) is 0 Å². The van der Waals surface area contributed by atoms with Crippen molar-refractivity contribution in [3.05, 3.63) is 145 Å². The molecule has 0 bridgehead atoms. The summed E-state index contributed by atoms with van der Waals surface area (Å²) in [6.07, 6.45) is 0. The topological polar surface area (TPSA) is 8.82 Å². The molecule has 0 radical (unpaired) electrons. The molecule has 9 rings (SSSR count). The molecule has 4 aromatic heterocycles. The van der Waals surface area contributed by atoms with Crippen LogP contribution in [-0.2, 0) is 10.8 Å². The Bertz CT molecular complexity index is 2510. The lowest BCUT2D eigenvalue weighted by Crippen LogP contribution is -2.10. The van der Waals surface area contributed by atoms with Gasteiger partial charge in [-0.1, -0.05) is 126 Å². The van der Waals surface area contributed by atoms with Crippen LogP contribution in [0.3, 0.4) is 0 Å². The highest BCUT2D eigenvalue weighted by Gasteiger charge is 2.19. The molecule has 2 nitrogen and oxygen atoms in total. The van der Waals surface area contributed by atoms with Crippen LogP contribution in [0.25, 0.3) is 76.9 Å². The molecule has 5 aromatic carbocycles. The van der Waals surface area contributed by atoms with Gasteiger partial charge in [0.1, 0.15) is 0 Å². The summed E-state index contributed by atoms with van der Waals surface area (Å²) < 4.78 is 4.93. The van der Waals surface area contributed by atoms with Crippen LogP contribution in [-0.4, -0.2) is 8.80 Å². The van der Waals surface area contributed by atoms with Gasteiger partial charge >= 0.3 is 0 Å². The summed E-state index contributed by atoms with van der Waals surface area (Å²) in [6.45, 7) is 13.7. The van der Waals surface area contributed by atoms with Gasteiger partial charge in [-0.3, -0.25) is 0 Å². The van der Waals surface area contributed by atoms with Gasteiger partial charge in [-0.25, -0.2) is 0 Å². The Kier molecular flexibility index (Phi) is 6.06. The van der Waals surface area contributed by atoms with Gasteiger partial charge < -0.3 is 8.80 Å². The van der Waals surface area contributed by atoms with Crippen molar-refractivity contribution in [3.8, 4) is 22.5 Å². The van der Waals surface area contributed by atoms with Crippen molar-refractivity contribution in [2.24, 2.45) is 0 Å². The number of fused-ring (bicyclic) bond motifs is 10. The van der Waals surface area contributed by atoms with Crippen LogP contribution in [0.1, 0.15) is 52.7 Å². The lowest BCUT2D eigenvalue weighted by atomic mass is 9.86. The number of rotatable bonds is 2. The zero-order valence-corrected chi connectivity index (χ0v) is 28.6. The number of hydrogen-bond donors (Lipinski definition) is 0. The van der Waals surface area contributed by atoms with Crippen molar-refractivity contribution >= 4 is 54.4 Å². The van der Waals surface area contributed by atoms with E-state index in [0.717, 1.165) is 0 Å². The smallest absolute Gasteiger partial charge is 0.0547 e. The summed E-state index contributed by atoms with van der Waals surface area (Å²) in [6, 6.07) is 50.3. The van der Waals surface area contributed by atoms with Crippen LogP contribution in [0.15, 0.2) is 133 Å². The van der Waals surface area contributed by atoms with Crippen molar-refractivity contribution in [1.82, 2.24) is 8.80 Å². The largest absolute Gasteiger partial charge is 0.309 e. The number of benzene rings is 5. The Morgan fingerprint density at radius 3 is 1.10 bits per heavy atom. The zero-order valence-electron chi connectivity index (χ0n) is 28.6. The van der Waals surface area contributed by atoms with Crippen LogP contribution in [0.2, 0.25) is 0 Å². The molecule has 4 heterocycles. The van der Waals surface area contributed by atoms with E-state index in [1.165, 1.54) is 88.0 Å². The predicted octanol–water partition coefficient (Wildman–Crippen LogP) is 12.7. The second-order valence-electron chi connectivity index (χ2n) is 15.6. The average molecular weight is 621 g/mol. The fourth-order valence-electron chi connectivity index (χ4n) is 7.67. The van der Waals surface area contributed by atoms with Crippen molar-refractivity contribution in [3.63, 3.8) is 0 Å². The fourth-order valence-corrected chi connectivity index (χ4v) is 7.67. The van der Waals surface area contributed by atoms with Gasteiger partial charge in [0.15, 0.2) is 0 Å². The summed E-state index contributed by atoms with van der Waals surface area (Å²) in [5, 5.41) is 7.55. The molecule has 0 N–H and O–H groups in total. The molecule has 0 saturated carbocycles. The van der Waals surface area contributed by atoms with Gasteiger partial charge in [-0.05, 0) is 92.4 Å². The first-order chi connectivity index (χ1) is 23.0. The maximum atomic E-state index is 2.46. The quantitative estimate of drug-likeness (QED) is 0.170. The van der Waals surface area contributed by atoms with Gasteiger partial charge in [0.05, 0.1) is 33.5 Å². The molecule has 234 valence electrons. The number of nitrogens with zero attached hydrogens (tertiary/aromatic N) is 2.